The number of hydrogen-bond acceptors (Lipinski definition) is 6. The maximum absolute atomic E-state index is 12.0. The highest BCUT2D eigenvalue weighted by Crippen LogP contribution is 2.12. The summed E-state index contributed by atoms with van der Waals surface area (Å²) >= 11 is 0. The van der Waals surface area contributed by atoms with Crippen LogP contribution in [0.2, 0.25) is 0 Å². The second-order valence-corrected chi connectivity index (χ2v) is 6.81. The molecule has 2 aromatic rings. The van der Waals surface area contributed by atoms with Crippen molar-refractivity contribution in [1.82, 2.24) is 0 Å². The molecular formula is C22H28N6O2. The number of rotatable bonds is 11. The first-order chi connectivity index (χ1) is 14.6. The molecule has 158 valence electrons. The molecule has 0 aliphatic carbocycles. The van der Waals surface area contributed by atoms with Gasteiger partial charge < -0.3 is 22.3 Å². The van der Waals surface area contributed by atoms with Crippen molar-refractivity contribution in [3.05, 3.63) is 59.7 Å². The Morgan fingerprint density at radius 3 is 1.37 bits per heavy atom. The van der Waals surface area contributed by atoms with E-state index in [-0.39, 0.29) is 11.8 Å². The van der Waals surface area contributed by atoms with E-state index in [1.165, 1.54) is 0 Å². The SMILES string of the molecule is NN=Cc1ccc(NC(=O)CCCCCCC(=O)Nc2ccc(C=NN)cc2)cc1. The monoisotopic (exact) mass is 408 g/mol. The number of hydrazone groups is 2. The zero-order valence-corrected chi connectivity index (χ0v) is 16.9. The van der Waals surface area contributed by atoms with Gasteiger partial charge in [-0.25, -0.2) is 0 Å². The molecule has 0 unspecified atom stereocenters. The second-order valence-electron chi connectivity index (χ2n) is 6.81. The third-order valence-electron chi connectivity index (χ3n) is 4.39. The van der Waals surface area contributed by atoms with Crippen LogP contribution in [0.1, 0.15) is 49.7 Å². The average Bonchev–Trinajstić information content (AvgIpc) is 2.74. The molecule has 6 N–H and O–H groups in total. The van der Waals surface area contributed by atoms with Crippen LogP contribution in [0.15, 0.2) is 58.7 Å². The maximum atomic E-state index is 12.0. The number of unbranched alkanes of at least 4 members (excludes halogenated alkanes) is 3. The van der Waals surface area contributed by atoms with Gasteiger partial charge in [-0.3, -0.25) is 9.59 Å². The van der Waals surface area contributed by atoms with E-state index in [4.69, 9.17) is 11.7 Å². The van der Waals surface area contributed by atoms with Crippen LogP contribution in [-0.2, 0) is 9.59 Å². The second kappa shape index (κ2) is 12.7. The van der Waals surface area contributed by atoms with Gasteiger partial charge in [-0.2, -0.15) is 10.2 Å². The Bertz CT molecular complexity index is 787. The zero-order chi connectivity index (χ0) is 21.6. The molecule has 0 radical (unpaired) electrons. The fourth-order valence-corrected chi connectivity index (χ4v) is 2.85. The van der Waals surface area contributed by atoms with E-state index in [2.05, 4.69) is 20.8 Å². The van der Waals surface area contributed by atoms with Crippen molar-refractivity contribution >= 4 is 35.6 Å². The molecule has 0 aliphatic heterocycles. The highest BCUT2D eigenvalue weighted by molar-refractivity contribution is 5.92. The molecule has 0 aromatic heterocycles. The number of nitrogens with one attached hydrogen (secondary N) is 2. The normalized spacial score (nSPS) is 11.1. The van der Waals surface area contributed by atoms with Gasteiger partial charge in [-0.1, -0.05) is 37.1 Å². The van der Waals surface area contributed by atoms with Crippen molar-refractivity contribution in [2.24, 2.45) is 21.9 Å². The lowest BCUT2D eigenvalue weighted by molar-refractivity contribution is -0.117. The van der Waals surface area contributed by atoms with Crippen LogP contribution in [0.5, 0.6) is 0 Å². The Morgan fingerprint density at radius 2 is 1.03 bits per heavy atom. The minimum atomic E-state index is -0.0175. The lowest BCUT2D eigenvalue weighted by Crippen LogP contribution is -2.11. The zero-order valence-electron chi connectivity index (χ0n) is 16.9. The van der Waals surface area contributed by atoms with Crippen molar-refractivity contribution in [3.8, 4) is 0 Å². The molecule has 2 rings (SSSR count). The minimum Gasteiger partial charge on any atom is -0.326 e. The Morgan fingerprint density at radius 1 is 0.667 bits per heavy atom. The van der Waals surface area contributed by atoms with Gasteiger partial charge in [0.1, 0.15) is 0 Å². The molecule has 8 nitrogen and oxygen atoms in total. The molecule has 2 amide bonds. The Hall–Kier alpha value is -3.68. The third-order valence-corrected chi connectivity index (χ3v) is 4.39. The van der Waals surface area contributed by atoms with Crippen LogP contribution in [0.25, 0.3) is 0 Å². The molecule has 0 heterocycles. The molecule has 8 heteroatoms. The van der Waals surface area contributed by atoms with Gasteiger partial charge in [0.25, 0.3) is 0 Å². The number of hydrogen-bond donors (Lipinski definition) is 4. The van der Waals surface area contributed by atoms with Gasteiger partial charge in [0.05, 0.1) is 12.4 Å². The fraction of sp³-hybridized carbons (Fsp3) is 0.273. The number of nitrogens with two attached hydrogens (primary N) is 2. The summed E-state index contributed by atoms with van der Waals surface area (Å²) in [5, 5.41) is 12.6. The summed E-state index contributed by atoms with van der Waals surface area (Å²) in [5.74, 6) is 10.2. The van der Waals surface area contributed by atoms with E-state index in [0.29, 0.717) is 12.8 Å². The average molecular weight is 409 g/mol. The van der Waals surface area contributed by atoms with Gasteiger partial charge in [-0.15, -0.1) is 0 Å². The molecule has 0 fully saturated rings. The first kappa shape index (κ1) is 22.6. The number of carbonyl (C=O) groups excluding carboxylic acids is 2. The van der Waals surface area contributed by atoms with E-state index in [1.807, 2.05) is 48.5 Å². The van der Waals surface area contributed by atoms with Crippen LogP contribution in [0.4, 0.5) is 11.4 Å². The van der Waals surface area contributed by atoms with Gasteiger partial charge in [0.2, 0.25) is 11.8 Å². The number of nitrogens with zero attached hydrogens (tertiary/aromatic N) is 2. The maximum Gasteiger partial charge on any atom is 0.224 e. The lowest BCUT2D eigenvalue weighted by atomic mass is 10.1. The predicted molar refractivity (Wildman–Crippen MR) is 121 cm³/mol. The minimum absolute atomic E-state index is 0.0175. The van der Waals surface area contributed by atoms with Gasteiger partial charge >= 0.3 is 0 Å². The summed E-state index contributed by atoms with van der Waals surface area (Å²) in [5.41, 5.74) is 3.23. The molecular weight excluding hydrogens is 380 g/mol. The van der Waals surface area contributed by atoms with Crippen LogP contribution in [0, 0.1) is 0 Å². The summed E-state index contributed by atoms with van der Waals surface area (Å²) in [6.07, 6.45) is 7.37. The van der Waals surface area contributed by atoms with Crippen molar-refractivity contribution in [2.75, 3.05) is 10.6 Å². The van der Waals surface area contributed by atoms with Crippen molar-refractivity contribution in [3.63, 3.8) is 0 Å². The van der Waals surface area contributed by atoms with Crippen molar-refractivity contribution in [2.45, 2.75) is 38.5 Å². The highest BCUT2D eigenvalue weighted by Gasteiger charge is 2.04. The largest absolute Gasteiger partial charge is 0.326 e. The van der Waals surface area contributed by atoms with E-state index in [1.54, 1.807) is 12.4 Å². The molecule has 30 heavy (non-hydrogen) atoms. The first-order valence-corrected chi connectivity index (χ1v) is 9.87. The smallest absolute Gasteiger partial charge is 0.224 e. The van der Waals surface area contributed by atoms with Crippen molar-refractivity contribution < 1.29 is 9.59 Å². The number of amides is 2. The first-order valence-electron chi connectivity index (χ1n) is 9.87. The van der Waals surface area contributed by atoms with Gasteiger partial charge in [-0.05, 0) is 48.2 Å². The van der Waals surface area contributed by atoms with E-state index >= 15 is 0 Å². The third kappa shape index (κ3) is 8.55. The predicted octanol–water partition coefficient (Wildman–Crippen LogP) is 3.19. The summed E-state index contributed by atoms with van der Waals surface area (Å²) in [6, 6.07) is 14.6. The van der Waals surface area contributed by atoms with Crippen LogP contribution in [-0.4, -0.2) is 24.2 Å². The van der Waals surface area contributed by atoms with E-state index in [9.17, 15) is 9.59 Å². The van der Waals surface area contributed by atoms with E-state index in [0.717, 1.165) is 48.2 Å². The van der Waals surface area contributed by atoms with Crippen LogP contribution >= 0.6 is 0 Å². The van der Waals surface area contributed by atoms with Gasteiger partial charge in [0, 0.05) is 24.2 Å². The van der Waals surface area contributed by atoms with Gasteiger partial charge in [0.15, 0.2) is 0 Å². The molecule has 0 saturated carbocycles. The summed E-state index contributed by atoms with van der Waals surface area (Å²) in [4.78, 5) is 24.0. The summed E-state index contributed by atoms with van der Waals surface area (Å²) in [7, 11) is 0. The standard InChI is InChI=1S/C22H28N6O2/c23-25-15-17-7-11-19(12-8-17)27-21(29)5-3-1-2-4-6-22(30)28-20-13-9-18(10-14-20)16-26-24/h7-16H,1-6,23-24H2,(H,27,29)(H,28,30). The summed E-state index contributed by atoms with van der Waals surface area (Å²) in [6.45, 7) is 0. The number of benzene rings is 2. The quantitative estimate of drug-likeness (QED) is 0.196. The lowest BCUT2D eigenvalue weighted by Gasteiger charge is -2.07. The topological polar surface area (TPSA) is 135 Å². The fourth-order valence-electron chi connectivity index (χ4n) is 2.85. The molecule has 0 bridgehead atoms. The summed E-state index contributed by atoms with van der Waals surface area (Å²) < 4.78 is 0. The molecule has 0 aliphatic rings. The highest BCUT2D eigenvalue weighted by atomic mass is 16.2. The van der Waals surface area contributed by atoms with Crippen LogP contribution in [0.3, 0.4) is 0 Å². The van der Waals surface area contributed by atoms with Crippen LogP contribution < -0.4 is 22.3 Å². The molecule has 0 atom stereocenters. The molecule has 2 aromatic carbocycles. The number of carbonyl (C=O) groups is 2. The molecule has 0 spiro atoms. The van der Waals surface area contributed by atoms with Crippen molar-refractivity contribution in [1.29, 1.82) is 0 Å². The molecule has 0 saturated heterocycles. The Kier molecular flexibility index (Phi) is 9.58. The Labute approximate surface area is 176 Å². The van der Waals surface area contributed by atoms with E-state index < -0.39 is 0 Å². The number of anilines is 2. The Balaban J connectivity index is 1.56.